The van der Waals surface area contributed by atoms with E-state index in [4.69, 9.17) is 16.3 Å². The molecule has 0 spiro atoms. The first-order valence-corrected chi connectivity index (χ1v) is 9.00. The van der Waals surface area contributed by atoms with Gasteiger partial charge < -0.3 is 15.0 Å². The van der Waals surface area contributed by atoms with Crippen LogP contribution < -0.4 is 10.1 Å². The molecular weight excluding hydrogens is 372 g/mol. The second-order valence-electron chi connectivity index (χ2n) is 5.81. The van der Waals surface area contributed by atoms with Crippen LogP contribution in [0.15, 0.2) is 42.5 Å². The van der Waals surface area contributed by atoms with E-state index in [2.05, 4.69) is 5.32 Å². The highest BCUT2D eigenvalue weighted by atomic mass is 35.5. The Hall–Kier alpha value is -2.57. The fourth-order valence-electron chi connectivity index (χ4n) is 2.54. The molecule has 134 valence electrons. The molecule has 0 aliphatic heterocycles. The summed E-state index contributed by atoms with van der Waals surface area (Å²) < 4.78 is 6.23. The van der Waals surface area contributed by atoms with E-state index in [1.54, 1.807) is 32.3 Å². The van der Waals surface area contributed by atoms with Gasteiger partial charge in [0.2, 0.25) is 0 Å². The molecule has 1 N–H and O–H groups in total. The summed E-state index contributed by atoms with van der Waals surface area (Å²) in [5, 5.41) is 4.06. The van der Waals surface area contributed by atoms with Crippen molar-refractivity contribution in [2.45, 2.75) is 0 Å². The quantitative estimate of drug-likeness (QED) is 0.715. The Labute approximate surface area is 160 Å². The van der Waals surface area contributed by atoms with Gasteiger partial charge in [-0.2, -0.15) is 0 Å². The fourth-order valence-corrected chi connectivity index (χ4v) is 3.95. The zero-order valence-electron chi connectivity index (χ0n) is 14.5. The van der Waals surface area contributed by atoms with Crippen molar-refractivity contribution in [1.29, 1.82) is 0 Å². The minimum atomic E-state index is -0.344. The van der Waals surface area contributed by atoms with Gasteiger partial charge in [-0.1, -0.05) is 29.8 Å². The van der Waals surface area contributed by atoms with Gasteiger partial charge in [-0.15, -0.1) is 11.3 Å². The lowest BCUT2D eigenvalue weighted by molar-refractivity contribution is 0.0827. The molecular formula is C19H17ClN2O3S. The summed E-state index contributed by atoms with van der Waals surface area (Å²) in [5.74, 6) is -0.0436. The Kier molecular flexibility index (Phi) is 5.15. The molecule has 0 radical (unpaired) electrons. The summed E-state index contributed by atoms with van der Waals surface area (Å²) in [7, 11) is 4.84. The predicted octanol–water partition coefficient (Wildman–Crippen LogP) is 4.52. The maximum absolute atomic E-state index is 12.8. The maximum atomic E-state index is 12.8. The first kappa shape index (κ1) is 18.2. The highest BCUT2D eigenvalue weighted by Crippen LogP contribution is 2.36. The van der Waals surface area contributed by atoms with Crippen LogP contribution in [-0.4, -0.2) is 37.9 Å². The van der Waals surface area contributed by atoms with Crippen LogP contribution in [0.25, 0.3) is 10.1 Å². The molecule has 0 aliphatic carbocycles. The third-order valence-electron chi connectivity index (χ3n) is 3.84. The largest absolute Gasteiger partial charge is 0.495 e. The average Bonchev–Trinajstić information content (AvgIpc) is 2.98. The number of fused-ring (bicyclic) bond motifs is 1. The minimum absolute atomic E-state index is 0.164. The summed E-state index contributed by atoms with van der Waals surface area (Å²) >= 11 is 7.69. The molecule has 0 unspecified atom stereocenters. The van der Waals surface area contributed by atoms with Gasteiger partial charge in [0.25, 0.3) is 11.8 Å². The van der Waals surface area contributed by atoms with Crippen molar-refractivity contribution >= 4 is 50.5 Å². The molecule has 1 heterocycles. The number of hydrogen-bond acceptors (Lipinski definition) is 4. The molecule has 3 aromatic rings. The van der Waals surface area contributed by atoms with Crippen LogP contribution in [-0.2, 0) is 0 Å². The van der Waals surface area contributed by atoms with Gasteiger partial charge in [0.05, 0.1) is 17.8 Å². The molecule has 0 saturated carbocycles. The number of hydrogen-bond donors (Lipinski definition) is 1. The van der Waals surface area contributed by atoms with E-state index in [-0.39, 0.29) is 11.8 Å². The zero-order valence-corrected chi connectivity index (χ0v) is 16.1. The standard InChI is InChI=1S/C19H17ClN2O3S/c1-22(2)19(24)11-8-9-14(25-3)13(10-11)21-18(23)17-16(20)12-6-4-5-7-15(12)26-17/h4-10H,1-3H3,(H,21,23). The molecule has 3 rings (SSSR count). The molecule has 5 nitrogen and oxygen atoms in total. The van der Waals surface area contributed by atoms with E-state index >= 15 is 0 Å². The monoisotopic (exact) mass is 388 g/mol. The highest BCUT2D eigenvalue weighted by Gasteiger charge is 2.19. The molecule has 2 aromatic carbocycles. The van der Waals surface area contributed by atoms with Gasteiger partial charge in [0.1, 0.15) is 10.6 Å². The summed E-state index contributed by atoms with van der Waals surface area (Å²) in [4.78, 5) is 26.8. The minimum Gasteiger partial charge on any atom is -0.495 e. The third-order valence-corrected chi connectivity index (χ3v) is 5.52. The second kappa shape index (κ2) is 7.35. The van der Waals surface area contributed by atoms with Crippen molar-refractivity contribution < 1.29 is 14.3 Å². The molecule has 0 atom stereocenters. The Morgan fingerprint density at radius 3 is 2.54 bits per heavy atom. The molecule has 1 aromatic heterocycles. The van der Waals surface area contributed by atoms with Crippen molar-refractivity contribution in [1.82, 2.24) is 4.90 Å². The summed E-state index contributed by atoms with van der Waals surface area (Å²) in [6.45, 7) is 0. The molecule has 0 fully saturated rings. The number of nitrogens with one attached hydrogen (secondary N) is 1. The van der Waals surface area contributed by atoms with Crippen molar-refractivity contribution in [2.75, 3.05) is 26.5 Å². The van der Waals surface area contributed by atoms with Gasteiger partial charge in [0.15, 0.2) is 0 Å². The second-order valence-corrected chi connectivity index (χ2v) is 7.24. The highest BCUT2D eigenvalue weighted by molar-refractivity contribution is 7.21. The number of carbonyl (C=O) groups excluding carboxylic acids is 2. The van der Waals surface area contributed by atoms with Crippen molar-refractivity contribution in [2.24, 2.45) is 0 Å². The SMILES string of the molecule is COc1ccc(C(=O)N(C)C)cc1NC(=O)c1sc2ccccc2c1Cl. The van der Waals surface area contributed by atoms with Crippen molar-refractivity contribution in [3.8, 4) is 5.75 Å². The van der Waals surface area contributed by atoms with Gasteiger partial charge in [-0.25, -0.2) is 0 Å². The summed E-state index contributed by atoms with van der Waals surface area (Å²) in [6.07, 6.45) is 0. The predicted molar refractivity (Wildman–Crippen MR) is 106 cm³/mol. The van der Waals surface area contributed by atoms with E-state index in [0.717, 1.165) is 10.1 Å². The van der Waals surface area contributed by atoms with Gasteiger partial charge >= 0.3 is 0 Å². The number of anilines is 1. The number of carbonyl (C=O) groups is 2. The molecule has 26 heavy (non-hydrogen) atoms. The topological polar surface area (TPSA) is 58.6 Å². The zero-order chi connectivity index (χ0) is 18.8. The number of rotatable bonds is 4. The van der Waals surface area contributed by atoms with Crippen LogP contribution in [0.3, 0.4) is 0 Å². The van der Waals surface area contributed by atoms with E-state index in [0.29, 0.717) is 26.9 Å². The van der Waals surface area contributed by atoms with E-state index < -0.39 is 0 Å². The maximum Gasteiger partial charge on any atom is 0.267 e. The Balaban J connectivity index is 1.96. The number of halogens is 1. The number of ether oxygens (including phenoxy) is 1. The van der Waals surface area contributed by atoms with Gasteiger partial charge in [-0.3, -0.25) is 9.59 Å². The Morgan fingerprint density at radius 2 is 1.88 bits per heavy atom. The number of thiophene rings is 1. The average molecular weight is 389 g/mol. The van der Waals surface area contributed by atoms with Crippen LogP contribution in [0.1, 0.15) is 20.0 Å². The first-order chi connectivity index (χ1) is 12.4. The Morgan fingerprint density at radius 1 is 1.15 bits per heavy atom. The molecule has 7 heteroatoms. The number of amides is 2. The lowest BCUT2D eigenvalue weighted by Gasteiger charge is -2.14. The molecule has 2 amide bonds. The van der Waals surface area contributed by atoms with E-state index in [1.165, 1.54) is 23.3 Å². The lowest BCUT2D eigenvalue weighted by atomic mass is 10.1. The number of methoxy groups -OCH3 is 1. The Bertz CT molecular complexity index is 998. The molecule has 0 bridgehead atoms. The van der Waals surface area contributed by atoms with Crippen LogP contribution in [0, 0.1) is 0 Å². The van der Waals surface area contributed by atoms with Crippen LogP contribution in [0.2, 0.25) is 5.02 Å². The van der Waals surface area contributed by atoms with Crippen molar-refractivity contribution in [3.05, 3.63) is 57.9 Å². The van der Waals surface area contributed by atoms with Gasteiger partial charge in [0, 0.05) is 29.7 Å². The number of benzene rings is 2. The summed E-state index contributed by atoms with van der Waals surface area (Å²) in [6, 6.07) is 12.5. The van der Waals surface area contributed by atoms with E-state index in [9.17, 15) is 9.59 Å². The normalized spacial score (nSPS) is 10.6. The van der Waals surface area contributed by atoms with Crippen LogP contribution in [0.4, 0.5) is 5.69 Å². The smallest absolute Gasteiger partial charge is 0.267 e. The number of nitrogens with zero attached hydrogens (tertiary/aromatic N) is 1. The first-order valence-electron chi connectivity index (χ1n) is 7.80. The van der Waals surface area contributed by atoms with E-state index in [1.807, 2.05) is 24.3 Å². The van der Waals surface area contributed by atoms with Crippen LogP contribution in [0.5, 0.6) is 5.75 Å². The molecule has 0 saturated heterocycles. The van der Waals surface area contributed by atoms with Crippen LogP contribution >= 0.6 is 22.9 Å². The third kappa shape index (κ3) is 3.38. The fraction of sp³-hybridized carbons (Fsp3) is 0.158. The summed E-state index contributed by atoms with van der Waals surface area (Å²) in [5.41, 5.74) is 0.868. The van der Waals surface area contributed by atoms with Gasteiger partial charge in [-0.05, 0) is 24.3 Å². The van der Waals surface area contributed by atoms with Crippen molar-refractivity contribution in [3.63, 3.8) is 0 Å². The lowest BCUT2D eigenvalue weighted by Crippen LogP contribution is -2.22. The molecule has 0 aliphatic rings.